The Kier molecular flexibility index (Phi) is 6.23. The Morgan fingerprint density at radius 3 is 2.58 bits per heavy atom. The summed E-state index contributed by atoms with van der Waals surface area (Å²) >= 11 is 0. The van der Waals surface area contributed by atoms with E-state index in [-0.39, 0.29) is 0 Å². The van der Waals surface area contributed by atoms with Crippen LogP contribution in [-0.4, -0.2) is 34.2 Å². The van der Waals surface area contributed by atoms with Crippen LogP contribution in [0.1, 0.15) is 0 Å². The van der Waals surface area contributed by atoms with E-state index in [9.17, 15) is 0 Å². The Morgan fingerprint density at radius 1 is 1.42 bits per heavy atom. The predicted molar refractivity (Wildman–Crippen MR) is 56.5 cm³/mol. The molecule has 0 atom stereocenters. The van der Waals surface area contributed by atoms with Gasteiger partial charge in [0, 0.05) is 27.4 Å². The number of nitrogens with two attached hydrogens (primary N) is 1. The minimum Gasteiger partial charge on any atom is -0.360 e. The van der Waals surface area contributed by atoms with Gasteiger partial charge in [-0.2, -0.15) is 0 Å². The third-order valence-electron chi connectivity index (χ3n) is 1.40. The van der Waals surface area contributed by atoms with E-state index in [2.05, 4.69) is 24.6 Å². The van der Waals surface area contributed by atoms with Crippen LogP contribution in [0.5, 0.6) is 0 Å². The Balaban J connectivity index is 3.17. The van der Waals surface area contributed by atoms with Crippen LogP contribution in [0.15, 0.2) is 4.99 Å². The second-order valence-corrected chi connectivity index (χ2v) is 9.57. The van der Waals surface area contributed by atoms with Crippen molar-refractivity contribution in [1.82, 2.24) is 0 Å². The maximum atomic E-state index is 5.29. The lowest BCUT2D eigenvalue weighted by Crippen LogP contribution is -2.21. The lowest BCUT2D eigenvalue weighted by Gasteiger charge is -2.14. The summed E-state index contributed by atoms with van der Waals surface area (Å²) < 4.78 is 5.29. The normalized spacial score (nSPS) is 12.7. The monoisotopic (exact) mass is 188 g/mol. The van der Waals surface area contributed by atoms with Crippen LogP contribution >= 0.6 is 0 Å². The SMILES string of the molecule is C[Si](C)(C)CCOCN=CCN. The highest BCUT2D eigenvalue weighted by Gasteiger charge is 2.11. The molecule has 72 valence electrons. The summed E-state index contributed by atoms with van der Waals surface area (Å²) in [5.41, 5.74) is 5.21. The van der Waals surface area contributed by atoms with Crippen molar-refractivity contribution < 1.29 is 4.74 Å². The number of rotatable bonds is 6. The van der Waals surface area contributed by atoms with Crippen LogP contribution in [0, 0.1) is 0 Å². The van der Waals surface area contributed by atoms with Gasteiger partial charge in [0.2, 0.25) is 0 Å². The zero-order valence-corrected chi connectivity index (χ0v) is 9.34. The summed E-state index contributed by atoms with van der Waals surface area (Å²) in [5, 5.41) is 0. The van der Waals surface area contributed by atoms with Crippen LogP contribution in [0.25, 0.3) is 0 Å². The summed E-state index contributed by atoms with van der Waals surface area (Å²) in [5.74, 6) is 0. The Labute approximate surface area is 76.0 Å². The van der Waals surface area contributed by atoms with Gasteiger partial charge in [0.1, 0.15) is 6.73 Å². The third kappa shape index (κ3) is 9.81. The molecule has 0 spiro atoms. The number of hydrogen-bond donors (Lipinski definition) is 1. The van der Waals surface area contributed by atoms with Crippen molar-refractivity contribution in [2.24, 2.45) is 10.7 Å². The fourth-order valence-corrected chi connectivity index (χ4v) is 1.38. The molecule has 4 heteroatoms. The van der Waals surface area contributed by atoms with Gasteiger partial charge in [0.05, 0.1) is 0 Å². The smallest absolute Gasteiger partial charge is 0.137 e. The van der Waals surface area contributed by atoms with Crippen LogP contribution in [0.4, 0.5) is 0 Å². The second-order valence-electron chi connectivity index (χ2n) is 3.95. The van der Waals surface area contributed by atoms with Gasteiger partial charge in [-0.05, 0) is 6.04 Å². The molecule has 0 rings (SSSR count). The van der Waals surface area contributed by atoms with E-state index >= 15 is 0 Å². The molecule has 2 N–H and O–H groups in total. The molecule has 0 bridgehead atoms. The average molecular weight is 188 g/mol. The van der Waals surface area contributed by atoms with Gasteiger partial charge in [-0.3, -0.25) is 4.99 Å². The molecule has 0 saturated carbocycles. The van der Waals surface area contributed by atoms with Crippen molar-refractivity contribution in [2.45, 2.75) is 25.7 Å². The highest BCUT2D eigenvalue weighted by Crippen LogP contribution is 2.07. The fourth-order valence-electron chi connectivity index (χ4n) is 0.623. The van der Waals surface area contributed by atoms with Gasteiger partial charge in [-0.1, -0.05) is 19.6 Å². The fraction of sp³-hybridized carbons (Fsp3) is 0.875. The van der Waals surface area contributed by atoms with Gasteiger partial charge in [0.25, 0.3) is 0 Å². The first-order chi connectivity index (χ1) is 5.56. The molecule has 0 unspecified atom stereocenters. The molecule has 0 heterocycles. The van der Waals surface area contributed by atoms with Crippen molar-refractivity contribution in [1.29, 1.82) is 0 Å². The van der Waals surface area contributed by atoms with Crippen LogP contribution in [-0.2, 0) is 4.74 Å². The molecule has 12 heavy (non-hydrogen) atoms. The van der Waals surface area contributed by atoms with Gasteiger partial charge in [-0.15, -0.1) is 0 Å². The first kappa shape index (κ1) is 11.8. The molecule has 0 aromatic rings. The molecule has 0 aromatic heterocycles. The summed E-state index contributed by atoms with van der Waals surface area (Å²) in [6.07, 6.45) is 1.68. The molecular weight excluding hydrogens is 168 g/mol. The zero-order chi connectivity index (χ0) is 9.45. The van der Waals surface area contributed by atoms with Crippen molar-refractivity contribution in [2.75, 3.05) is 19.9 Å². The van der Waals surface area contributed by atoms with E-state index in [1.54, 1.807) is 6.21 Å². The molecule has 0 saturated heterocycles. The van der Waals surface area contributed by atoms with Crippen LogP contribution in [0.3, 0.4) is 0 Å². The van der Waals surface area contributed by atoms with E-state index in [1.165, 1.54) is 6.04 Å². The lowest BCUT2D eigenvalue weighted by atomic mass is 10.7. The molecule has 0 fully saturated rings. The Bertz CT molecular complexity index is 132. The molecular formula is C8H20N2OSi. The van der Waals surface area contributed by atoms with Gasteiger partial charge in [0.15, 0.2) is 0 Å². The maximum Gasteiger partial charge on any atom is 0.137 e. The zero-order valence-electron chi connectivity index (χ0n) is 8.34. The molecule has 0 amide bonds. The van der Waals surface area contributed by atoms with Crippen molar-refractivity contribution in [3.05, 3.63) is 0 Å². The molecule has 3 nitrogen and oxygen atoms in total. The summed E-state index contributed by atoms with van der Waals surface area (Å²) in [6.45, 7) is 8.79. The average Bonchev–Trinajstić information content (AvgIpc) is 1.94. The van der Waals surface area contributed by atoms with Crippen molar-refractivity contribution >= 4 is 14.3 Å². The Hall–Kier alpha value is -0.193. The number of hydrogen-bond acceptors (Lipinski definition) is 3. The third-order valence-corrected chi connectivity index (χ3v) is 3.10. The predicted octanol–water partition coefficient (Wildman–Crippen LogP) is 1.33. The number of aliphatic imine (C=N–C) groups is 1. The van der Waals surface area contributed by atoms with Crippen molar-refractivity contribution in [3.8, 4) is 0 Å². The highest BCUT2D eigenvalue weighted by molar-refractivity contribution is 6.76. The van der Waals surface area contributed by atoms with E-state index in [0.717, 1.165) is 6.61 Å². The van der Waals surface area contributed by atoms with E-state index in [4.69, 9.17) is 10.5 Å². The molecule has 0 aromatic carbocycles. The molecule has 0 radical (unpaired) electrons. The summed E-state index contributed by atoms with van der Waals surface area (Å²) in [6, 6.07) is 1.20. The molecule has 0 aliphatic carbocycles. The summed E-state index contributed by atoms with van der Waals surface area (Å²) in [7, 11) is -0.927. The summed E-state index contributed by atoms with van der Waals surface area (Å²) in [4.78, 5) is 3.95. The van der Waals surface area contributed by atoms with Gasteiger partial charge < -0.3 is 10.5 Å². The highest BCUT2D eigenvalue weighted by atomic mass is 28.3. The number of nitrogens with zero attached hydrogens (tertiary/aromatic N) is 1. The van der Waals surface area contributed by atoms with Crippen LogP contribution in [0.2, 0.25) is 25.7 Å². The van der Waals surface area contributed by atoms with Gasteiger partial charge in [-0.25, -0.2) is 0 Å². The van der Waals surface area contributed by atoms with E-state index in [0.29, 0.717) is 13.3 Å². The van der Waals surface area contributed by atoms with Crippen molar-refractivity contribution in [3.63, 3.8) is 0 Å². The minimum absolute atomic E-state index is 0.460. The van der Waals surface area contributed by atoms with Gasteiger partial charge >= 0.3 is 0 Å². The largest absolute Gasteiger partial charge is 0.360 e. The van der Waals surface area contributed by atoms with Crippen LogP contribution < -0.4 is 5.73 Å². The lowest BCUT2D eigenvalue weighted by molar-refractivity contribution is 0.155. The topological polar surface area (TPSA) is 47.6 Å². The number of ether oxygens (including phenoxy) is 1. The van der Waals surface area contributed by atoms with E-state index < -0.39 is 8.07 Å². The molecule has 0 aliphatic rings. The maximum absolute atomic E-state index is 5.29. The first-order valence-corrected chi connectivity index (χ1v) is 8.03. The minimum atomic E-state index is -0.927. The quantitative estimate of drug-likeness (QED) is 0.388. The first-order valence-electron chi connectivity index (χ1n) is 4.32. The second kappa shape index (κ2) is 6.34. The van der Waals surface area contributed by atoms with E-state index in [1.807, 2.05) is 0 Å². The Morgan fingerprint density at radius 2 is 2.08 bits per heavy atom. The standard InChI is InChI=1S/C8H20N2OSi/c1-12(2,3)7-6-11-8-10-5-4-9/h5H,4,6-9H2,1-3H3. The molecule has 0 aliphatic heterocycles.